The molecule has 184 valence electrons. The summed E-state index contributed by atoms with van der Waals surface area (Å²) in [6, 6.07) is 14.8. The van der Waals surface area contributed by atoms with E-state index >= 15 is 0 Å². The van der Waals surface area contributed by atoms with Crippen LogP contribution in [-0.2, 0) is 20.3 Å². The second kappa shape index (κ2) is 9.46. The Morgan fingerprint density at radius 1 is 0.829 bits per heavy atom. The molecule has 5 heteroatoms. The van der Waals surface area contributed by atoms with E-state index in [0.29, 0.717) is 23.3 Å². The number of esters is 1. The third-order valence-electron chi connectivity index (χ3n) is 7.17. The summed E-state index contributed by atoms with van der Waals surface area (Å²) in [5, 5.41) is 1.76. The van der Waals surface area contributed by atoms with Crippen molar-refractivity contribution < 1.29 is 23.8 Å². The van der Waals surface area contributed by atoms with Crippen molar-refractivity contribution in [3.63, 3.8) is 0 Å². The average molecular weight is 475 g/mol. The first-order chi connectivity index (χ1) is 16.6. The standard InChI is InChI=1S/C30H34O5/c1-7-34-18-35-25-17-23(16-24-26(25)30(4,5)13-12-29(24,2)3)27(31)21-10-8-20-15-22(28(32)33-6)11-9-19(20)14-21/h8-11,14-17H,7,12-13,18H2,1-6H3. The Balaban J connectivity index is 1.78. The van der Waals surface area contributed by atoms with Crippen LogP contribution >= 0.6 is 0 Å². The molecule has 0 aromatic heterocycles. The number of fused-ring (bicyclic) bond motifs is 2. The van der Waals surface area contributed by atoms with Gasteiger partial charge >= 0.3 is 5.97 Å². The molecule has 35 heavy (non-hydrogen) atoms. The van der Waals surface area contributed by atoms with Crippen LogP contribution in [0.15, 0.2) is 48.5 Å². The zero-order chi connectivity index (χ0) is 25.4. The van der Waals surface area contributed by atoms with Crippen molar-refractivity contribution in [3.05, 3.63) is 76.3 Å². The molecule has 1 aliphatic rings. The first-order valence-electron chi connectivity index (χ1n) is 12.1. The molecule has 1 aliphatic carbocycles. The van der Waals surface area contributed by atoms with Crippen molar-refractivity contribution in [2.75, 3.05) is 20.5 Å². The molecular weight excluding hydrogens is 440 g/mol. The first kappa shape index (κ1) is 24.9. The Morgan fingerprint density at radius 2 is 1.46 bits per heavy atom. The average Bonchev–Trinajstić information content (AvgIpc) is 2.85. The van der Waals surface area contributed by atoms with E-state index in [1.807, 2.05) is 31.2 Å². The Morgan fingerprint density at radius 3 is 2.11 bits per heavy atom. The topological polar surface area (TPSA) is 61.8 Å². The smallest absolute Gasteiger partial charge is 0.337 e. The highest BCUT2D eigenvalue weighted by atomic mass is 16.7. The van der Waals surface area contributed by atoms with Crippen molar-refractivity contribution in [3.8, 4) is 5.75 Å². The van der Waals surface area contributed by atoms with E-state index in [1.165, 1.54) is 12.7 Å². The maximum Gasteiger partial charge on any atom is 0.337 e. The van der Waals surface area contributed by atoms with Crippen molar-refractivity contribution in [1.29, 1.82) is 0 Å². The van der Waals surface area contributed by atoms with Crippen LogP contribution in [0.3, 0.4) is 0 Å². The van der Waals surface area contributed by atoms with Crippen LogP contribution in [0, 0.1) is 0 Å². The fourth-order valence-electron chi connectivity index (χ4n) is 4.96. The van der Waals surface area contributed by atoms with Gasteiger partial charge in [-0.15, -0.1) is 0 Å². The predicted octanol–water partition coefficient (Wildman–Crippen LogP) is 6.58. The molecule has 0 unspecified atom stereocenters. The summed E-state index contributed by atoms with van der Waals surface area (Å²) in [4.78, 5) is 25.6. The molecule has 0 heterocycles. The van der Waals surface area contributed by atoms with E-state index in [2.05, 4.69) is 33.8 Å². The lowest BCUT2D eigenvalue weighted by atomic mass is 9.62. The number of hydrogen-bond donors (Lipinski definition) is 0. The van der Waals surface area contributed by atoms with Gasteiger partial charge in [-0.2, -0.15) is 0 Å². The third kappa shape index (κ3) is 4.83. The summed E-state index contributed by atoms with van der Waals surface area (Å²) < 4.78 is 16.4. The number of methoxy groups -OCH3 is 1. The van der Waals surface area contributed by atoms with Gasteiger partial charge in [0.1, 0.15) is 5.75 Å². The molecule has 3 aromatic carbocycles. The predicted molar refractivity (Wildman–Crippen MR) is 138 cm³/mol. The Hall–Kier alpha value is -3.18. The van der Waals surface area contributed by atoms with Gasteiger partial charge in [0.2, 0.25) is 0 Å². The molecule has 0 fully saturated rings. The third-order valence-corrected chi connectivity index (χ3v) is 7.17. The van der Waals surface area contributed by atoms with Crippen LogP contribution in [0.5, 0.6) is 5.75 Å². The first-order valence-corrected chi connectivity index (χ1v) is 12.1. The molecule has 0 radical (unpaired) electrons. The lowest BCUT2D eigenvalue weighted by Crippen LogP contribution is -2.35. The molecule has 5 nitrogen and oxygen atoms in total. The number of carbonyl (C=O) groups is 2. The molecule has 0 spiro atoms. The lowest BCUT2D eigenvalue weighted by Gasteiger charge is -2.42. The van der Waals surface area contributed by atoms with Gasteiger partial charge in [-0.25, -0.2) is 4.79 Å². The summed E-state index contributed by atoms with van der Waals surface area (Å²) in [5.41, 5.74) is 3.87. The number of carbonyl (C=O) groups excluding carboxylic acids is 2. The van der Waals surface area contributed by atoms with E-state index in [1.54, 1.807) is 18.2 Å². The fourth-order valence-corrected chi connectivity index (χ4v) is 4.96. The molecule has 0 bridgehead atoms. The minimum atomic E-state index is -0.383. The van der Waals surface area contributed by atoms with Crippen LogP contribution in [-0.4, -0.2) is 32.3 Å². The highest BCUT2D eigenvalue weighted by Crippen LogP contribution is 2.50. The molecular formula is C30H34O5. The van der Waals surface area contributed by atoms with Crippen LogP contribution in [0.4, 0.5) is 0 Å². The summed E-state index contributed by atoms with van der Waals surface area (Å²) >= 11 is 0. The van der Waals surface area contributed by atoms with Gasteiger partial charge in [0.25, 0.3) is 0 Å². The Labute approximate surface area is 207 Å². The second-order valence-electron chi connectivity index (χ2n) is 10.5. The van der Waals surface area contributed by atoms with Gasteiger partial charge in [-0.05, 0) is 77.3 Å². The summed E-state index contributed by atoms with van der Waals surface area (Å²) in [5.74, 6) is 0.277. The molecule has 0 atom stereocenters. The minimum absolute atomic E-state index is 0.0612. The minimum Gasteiger partial charge on any atom is -0.467 e. The van der Waals surface area contributed by atoms with Crippen LogP contribution in [0.1, 0.15) is 84.9 Å². The van der Waals surface area contributed by atoms with Crippen molar-refractivity contribution in [2.24, 2.45) is 0 Å². The number of hydrogen-bond acceptors (Lipinski definition) is 5. The van der Waals surface area contributed by atoms with E-state index < -0.39 is 0 Å². The van der Waals surface area contributed by atoms with Gasteiger partial charge < -0.3 is 14.2 Å². The molecule has 4 rings (SSSR count). The second-order valence-corrected chi connectivity index (χ2v) is 10.5. The summed E-state index contributed by atoms with van der Waals surface area (Å²) in [6.45, 7) is 11.6. The van der Waals surface area contributed by atoms with Crippen molar-refractivity contribution in [2.45, 2.75) is 58.3 Å². The molecule has 0 saturated carbocycles. The lowest BCUT2D eigenvalue weighted by molar-refractivity contribution is 0.0207. The van der Waals surface area contributed by atoms with E-state index in [0.717, 1.165) is 34.9 Å². The largest absolute Gasteiger partial charge is 0.467 e. The summed E-state index contributed by atoms with van der Waals surface area (Å²) in [7, 11) is 1.36. The number of ether oxygens (including phenoxy) is 3. The van der Waals surface area contributed by atoms with Gasteiger partial charge in [0.05, 0.1) is 12.7 Å². The van der Waals surface area contributed by atoms with Crippen molar-refractivity contribution in [1.82, 2.24) is 0 Å². The quantitative estimate of drug-likeness (QED) is 0.168. The van der Waals surface area contributed by atoms with E-state index in [4.69, 9.17) is 14.2 Å². The highest BCUT2D eigenvalue weighted by molar-refractivity contribution is 6.11. The zero-order valence-corrected chi connectivity index (χ0v) is 21.5. The van der Waals surface area contributed by atoms with Crippen LogP contribution < -0.4 is 4.74 Å². The number of benzene rings is 3. The van der Waals surface area contributed by atoms with Gasteiger partial charge in [0, 0.05) is 23.3 Å². The Bertz CT molecular complexity index is 1290. The Kier molecular flexibility index (Phi) is 6.74. The van der Waals surface area contributed by atoms with Crippen molar-refractivity contribution >= 4 is 22.5 Å². The normalized spacial score (nSPS) is 15.9. The van der Waals surface area contributed by atoms with Crippen LogP contribution in [0.2, 0.25) is 0 Å². The van der Waals surface area contributed by atoms with Crippen LogP contribution in [0.25, 0.3) is 10.8 Å². The SMILES string of the molecule is CCOCOc1cc(C(=O)c2ccc3cc(C(=O)OC)ccc3c2)cc2c1C(C)(C)CCC2(C)C. The van der Waals surface area contributed by atoms with Gasteiger partial charge in [-0.3, -0.25) is 4.79 Å². The number of ketones is 1. The zero-order valence-electron chi connectivity index (χ0n) is 21.5. The monoisotopic (exact) mass is 474 g/mol. The van der Waals surface area contributed by atoms with Gasteiger partial charge in [-0.1, -0.05) is 45.9 Å². The van der Waals surface area contributed by atoms with E-state index in [-0.39, 0.29) is 29.4 Å². The molecule has 0 N–H and O–H groups in total. The number of rotatable bonds is 7. The molecule has 0 aliphatic heterocycles. The fraction of sp³-hybridized carbons (Fsp3) is 0.400. The molecule has 0 saturated heterocycles. The molecule has 3 aromatic rings. The molecule has 0 amide bonds. The highest BCUT2D eigenvalue weighted by Gasteiger charge is 2.40. The maximum absolute atomic E-state index is 13.7. The maximum atomic E-state index is 13.7. The van der Waals surface area contributed by atoms with E-state index in [9.17, 15) is 9.59 Å². The van der Waals surface area contributed by atoms with Gasteiger partial charge in [0.15, 0.2) is 12.6 Å². The summed E-state index contributed by atoms with van der Waals surface area (Å²) in [6.07, 6.45) is 2.08.